The van der Waals surface area contributed by atoms with Gasteiger partial charge in [-0.15, -0.1) is 0 Å². The van der Waals surface area contributed by atoms with Crippen LogP contribution in [0.5, 0.6) is 0 Å². The Morgan fingerprint density at radius 3 is 2.81 bits per heavy atom. The van der Waals surface area contributed by atoms with Crippen LogP contribution < -0.4 is 5.32 Å². The Morgan fingerprint density at radius 1 is 1.37 bits per heavy atom. The molecule has 0 saturated carbocycles. The van der Waals surface area contributed by atoms with Crippen molar-refractivity contribution in [2.75, 3.05) is 13.2 Å². The fourth-order valence-corrected chi connectivity index (χ4v) is 2.56. The molecule has 2 aromatic rings. The van der Waals surface area contributed by atoms with Crippen LogP contribution in [-0.4, -0.2) is 34.8 Å². The number of rotatable bonds is 8. The lowest BCUT2D eigenvalue weighted by Gasteiger charge is -2.03. The SMILES string of the molecule is Cc1nn(Cc2ccccc2)c(Cl)c1/C=C/C(=O)OCC(=O)NCCC#N. The molecule has 0 unspecified atom stereocenters. The monoisotopic (exact) mass is 386 g/mol. The largest absolute Gasteiger partial charge is 0.452 e. The normalized spacial score (nSPS) is 10.6. The van der Waals surface area contributed by atoms with Crippen molar-refractivity contribution in [2.24, 2.45) is 0 Å². The summed E-state index contributed by atoms with van der Waals surface area (Å²) >= 11 is 6.37. The molecular formula is C19H19ClN4O3. The third-order valence-corrected chi connectivity index (χ3v) is 3.97. The molecule has 8 heteroatoms. The van der Waals surface area contributed by atoms with Gasteiger partial charge in [-0.3, -0.25) is 4.79 Å². The molecule has 140 valence electrons. The van der Waals surface area contributed by atoms with Crippen LogP contribution >= 0.6 is 11.6 Å². The number of nitrogens with one attached hydrogen (secondary N) is 1. The van der Waals surface area contributed by atoms with Crippen LogP contribution in [0.25, 0.3) is 6.08 Å². The van der Waals surface area contributed by atoms with Crippen molar-refractivity contribution in [1.29, 1.82) is 5.26 Å². The molecule has 0 aliphatic carbocycles. The van der Waals surface area contributed by atoms with Gasteiger partial charge in [-0.05, 0) is 18.6 Å². The van der Waals surface area contributed by atoms with Gasteiger partial charge in [0, 0.05) is 18.2 Å². The maximum Gasteiger partial charge on any atom is 0.331 e. The van der Waals surface area contributed by atoms with Gasteiger partial charge in [0.2, 0.25) is 0 Å². The quantitative estimate of drug-likeness (QED) is 0.427. The molecule has 0 spiro atoms. The topological polar surface area (TPSA) is 97.0 Å². The van der Waals surface area contributed by atoms with Gasteiger partial charge < -0.3 is 10.1 Å². The summed E-state index contributed by atoms with van der Waals surface area (Å²) in [6.45, 7) is 2.12. The van der Waals surface area contributed by atoms with Gasteiger partial charge >= 0.3 is 5.97 Å². The second-order valence-corrected chi connectivity index (χ2v) is 5.99. The second-order valence-electron chi connectivity index (χ2n) is 5.63. The van der Waals surface area contributed by atoms with Crippen molar-refractivity contribution in [3.8, 4) is 6.07 Å². The van der Waals surface area contributed by atoms with E-state index >= 15 is 0 Å². The van der Waals surface area contributed by atoms with Gasteiger partial charge in [0.25, 0.3) is 5.91 Å². The lowest BCUT2D eigenvalue weighted by atomic mass is 10.2. The molecule has 0 saturated heterocycles. The molecule has 1 aromatic carbocycles. The van der Waals surface area contributed by atoms with Gasteiger partial charge in [-0.1, -0.05) is 41.9 Å². The third-order valence-electron chi connectivity index (χ3n) is 3.58. The first kappa shape index (κ1) is 20.2. The maximum absolute atomic E-state index is 11.8. The van der Waals surface area contributed by atoms with Crippen LogP contribution in [0.2, 0.25) is 5.15 Å². The Bertz CT molecular complexity index is 869. The predicted octanol–water partition coefficient (Wildman–Crippen LogP) is 2.48. The molecule has 1 N–H and O–H groups in total. The minimum Gasteiger partial charge on any atom is -0.452 e. The average molecular weight is 387 g/mol. The molecule has 0 atom stereocenters. The molecule has 1 amide bonds. The summed E-state index contributed by atoms with van der Waals surface area (Å²) < 4.78 is 6.50. The van der Waals surface area contributed by atoms with Crippen LogP contribution in [0.1, 0.15) is 23.2 Å². The molecule has 7 nitrogen and oxygen atoms in total. The highest BCUT2D eigenvalue weighted by molar-refractivity contribution is 6.31. The van der Waals surface area contributed by atoms with Crippen molar-refractivity contribution in [3.63, 3.8) is 0 Å². The smallest absolute Gasteiger partial charge is 0.331 e. The number of halogens is 1. The summed E-state index contributed by atoms with van der Waals surface area (Å²) in [6, 6.07) is 11.7. The van der Waals surface area contributed by atoms with Gasteiger partial charge in [0.05, 0.1) is 24.7 Å². The summed E-state index contributed by atoms with van der Waals surface area (Å²) in [5.41, 5.74) is 2.34. The number of esters is 1. The number of carbonyl (C=O) groups excluding carboxylic acids is 2. The fraction of sp³-hybridized carbons (Fsp3) is 0.263. The van der Waals surface area contributed by atoms with E-state index in [1.165, 1.54) is 12.2 Å². The number of ether oxygens (including phenoxy) is 1. The first-order valence-corrected chi connectivity index (χ1v) is 8.64. The molecular weight excluding hydrogens is 368 g/mol. The molecule has 0 aliphatic heterocycles. The van der Waals surface area contributed by atoms with Crippen molar-refractivity contribution < 1.29 is 14.3 Å². The van der Waals surface area contributed by atoms with Crippen molar-refractivity contribution in [1.82, 2.24) is 15.1 Å². The standard InChI is InChI=1S/C19H19ClN4O3/c1-14-16(8-9-18(26)27-13-17(25)22-11-5-10-21)19(20)24(23-14)12-15-6-3-2-4-7-15/h2-4,6-9H,5,11-13H2,1H3,(H,22,25)/b9-8+. The number of nitrogens with zero attached hydrogens (tertiary/aromatic N) is 3. The number of hydrogen-bond donors (Lipinski definition) is 1. The van der Waals surface area contributed by atoms with E-state index in [9.17, 15) is 9.59 Å². The first-order valence-electron chi connectivity index (χ1n) is 8.26. The van der Waals surface area contributed by atoms with Crippen LogP contribution in [0.3, 0.4) is 0 Å². The molecule has 0 fully saturated rings. The number of benzene rings is 1. The third kappa shape index (κ3) is 6.28. The highest BCUT2D eigenvalue weighted by Gasteiger charge is 2.12. The fourth-order valence-electron chi connectivity index (χ4n) is 2.26. The number of aryl methyl sites for hydroxylation is 1. The number of aromatic nitrogens is 2. The van der Waals surface area contributed by atoms with Crippen LogP contribution in [0, 0.1) is 18.3 Å². The first-order chi connectivity index (χ1) is 13.0. The molecule has 1 aromatic heterocycles. The highest BCUT2D eigenvalue weighted by Crippen LogP contribution is 2.22. The summed E-state index contributed by atoms with van der Waals surface area (Å²) in [5, 5.41) is 15.7. The number of carbonyl (C=O) groups is 2. The minimum atomic E-state index is -0.670. The van der Waals surface area contributed by atoms with Gasteiger partial charge in [0.1, 0.15) is 5.15 Å². The zero-order valence-electron chi connectivity index (χ0n) is 14.8. The Balaban J connectivity index is 1.93. The van der Waals surface area contributed by atoms with E-state index in [2.05, 4.69) is 10.4 Å². The van der Waals surface area contributed by atoms with Gasteiger partial charge in [-0.25, -0.2) is 9.48 Å². The Labute approximate surface area is 162 Å². The van der Waals surface area contributed by atoms with Crippen molar-refractivity contribution in [2.45, 2.75) is 19.9 Å². The zero-order valence-corrected chi connectivity index (χ0v) is 15.6. The van der Waals surface area contributed by atoms with Crippen molar-refractivity contribution in [3.05, 3.63) is 58.4 Å². The number of hydrogen-bond acceptors (Lipinski definition) is 5. The predicted molar refractivity (Wildman–Crippen MR) is 101 cm³/mol. The summed E-state index contributed by atoms with van der Waals surface area (Å²) in [6.07, 6.45) is 2.91. The second kappa shape index (κ2) is 10.1. The van der Waals surface area contributed by atoms with Crippen molar-refractivity contribution >= 4 is 29.6 Å². The van der Waals surface area contributed by atoms with Crippen LogP contribution in [0.15, 0.2) is 36.4 Å². The summed E-state index contributed by atoms with van der Waals surface area (Å²) in [4.78, 5) is 23.2. The lowest BCUT2D eigenvalue weighted by molar-refractivity contribution is -0.143. The van der Waals surface area contributed by atoms with Crippen LogP contribution in [0.4, 0.5) is 0 Å². The summed E-state index contributed by atoms with van der Waals surface area (Å²) in [7, 11) is 0. The minimum absolute atomic E-state index is 0.199. The molecule has 27 heavy (non-hydrogen) atoms. The van der Waals surface area contributed by atoms with E-state index in [1.54, 1.807) is 11.6 Å². The zero-order chi connectivity index (χ0) is 19.6. The number of nitriles is 1. The molecule has 1 heterocycles. The lowest BCUT2D eigenvalue weighted by Crippen LogP contribution is -2.29. The van der Waals surface area contributed by atoms with E-state index in [-0.39, 0.29) is 13.0 Å². The maximum atomic E-state index is 11.8. The number of amides is 1. The summed E-state index contributed by atoms with van der Waals surface area (Å²) in [5.74, 6) is -1.13. The average Bonchev–Trinajstić information content (AvgIpc) is 2.92. The molecule has 0 aliphatic rings. The van der Waals surface area contributed by atoms with E-state index in [1.807, 2.05) is 36.4 Å². The van der Waals surface area contributed by atoms with Gasteiger partial charge in [-0.2, -0.15) is 10.4 Å². The Hall–Kier alpha value is -3.11. The molecule has 2 rings (SSSR count). The Kier molecular flexibility index (Phi) is 7.59. The van der Waals surface area contributed by atoms with E-state index < -0.39 is 18.5 Å². The van der Waals surface area contributed by atoms with E-state index in [0.29, 0.717) is 23.0 Å². The molecule has 0 bridgehead atoms. The van der Waals surface area contributed by atoms with E-state index in [4.69, 9.17) is 21.6 Å². The van der Waals surface area contributed by atoms with Crippen LogP contribution in [-0.2, 0) is 20.9 Å². The highest BCUT2D eigenvalue weighted by atomic mass is 35.5. The van der Waals surface area contributed by atoms with Gasteiger partial charge in [0.15, 0.2) is 6.61 Å². The molecule has 0 radical (unpaired) electrons. The van der Waals surface area contributed by atoms with E-state index in [0.717, 1.165) is 5.56 Å². The Morgan fingerprint density at radius 2 is 2.11 bits per heavy atom.